The first-order valence-electron chi connectivity index (χ1n) is 7.46. The van der Waals surface area contributed by atoms with Crippen molar-refractivity contribution in [3.05, 3.63) is 59.2 Å². The van der Waals surface area contributed by atoms with Crippen LogP contribution >= 0.6 is 0 Å². The van der Waals surface area contributed by atoms with Crippen LogP contribution in [0.25, 0.3) is 5.69 Å². The van der Waals surface area contributed by atoms with Crippen LogP contribution in [-0.2, 0) is 6.18 Å². The topological polar surface area (TPSA) is 85.6 Å². The van der Waals surface area contributed by atoms with Crippen molar-refractivity contribution in [2.75, 3.05) is 5.32 Å². The summed E-state index contributed by atoms with van der Waals surface area (Å²) in [5.41, 5.74) is 0.999. The number of alkyl halides is 3. The molecule has 0 spiro atoms. The van der Waals surface area contributed by atoms with Crippen molar-refractivity contribution in [2.45, 2.75) is 20.0 Å². The fourth-order valence-electron chi connectivity index (χ4n) is 2.36. The number of carbonyl (C=O) groups is 1. The van der Waals surface area contributed by atoms with E-state index in [4.69, 9.17) is 0 Å². The third kappa shape index (κ3) is 3.53. The van der Waals surface area contributed by atoms with Crippen LogP contribution in [0, 0.1) is 13.8 Å². The second kappa shape index (κ2) is 6.54. The minimum absolute atomic E-state index is 0.00913. The molecule has 0 bridgehead atoms. The van der Waals surface area contributed by atoms with E-state index < -0.39 is 17.8 Å². The molecule has 7 nitrogen and oxygen atoms in total. The molecule has 3 rings (SSSR count). The van der Waals surface area contributed by atoms with E-state index in [1.165, 1.54) is 17.9 Å². The van der Waals surface area contributed by atoms with Crippen LogP contribution in [0.4, 0.5) is 18.9 Å². The van der Waals surface area contributed by atoms with Crippen LogP contribution < -0.4 is 5.32 Å². The molecule has 26 heavy (non-hydrogen) atoms. The van der Waals surface area contributed by atoms with Crippen molar-refractivity contribution in [3.63, 3.8) is 0 Å². The van der Waals surface area contributed by atoms with E-state index in [0.29, 0.717) is 11.4 Å². The lowest BCUT2D eigenvalue weighted by Crippen LogP contribution is -2.17. The fourth-order valence-corrected chi connectivity index (χ4v) is 2.36. The van der Waals surface area contributed by atoms with Gasteiger partial charge < -0.3 is 5.32 Å². The molecule has 0 aliphatic heterocycles. The molecule has 1 amide bonds. The van der Waals surface area contributed by atoms with Gasteiger partial charge in [-0.25, -0.2) is 9.67 Å². The van der Waals surface area contributed by atoms with Crippen molar-refractivity contribution in [2.24, 2.45) is 0 Å². The summed E-state index contributed by atoms with van der Waals surface area (Å²) in [6.45, 7) is 3.21. The molecule has 0 aliphatic rings. The predicted octanol–water partition coefficient (Wildman–Crippen LogP) is 2.95. The summed E-state index contributed by atoms with van der Waals surface area (Å²) in [6.07, 6.45) is -3.14. The van der Waals surface area contributed by atoms with Gasteiger partial charge in [0.25, 0.3) is 5.91 Å². The van der Waals surface area contributed by atoms with Gasteiger partial charge in [0.2, 0.25) is 0 Å². The van der Waals surface area contributed by atoms with Crippen molar-refractivity contribution >= 4 is 11.6 Å². The lowest BCUT2D eigenvalue weighted by atomic mass is 10.1. The normalized spacial score (nSPS) is 11.4. The van der Waals surface area contributed by atoms with Gasteiger partial charge in [-0.3, -0.25) is 4.79 Å². The van der Waals surface area contributed by atoms with Crippen LogP contribution in [0.5, 0.6) is 0 Å². The van der Waals surface area contributed by atoms with Gasteiger partial charge in [0.1, 0.15) is 12.0 Å². The van der Waals surface area contributed by atoms with Crippen LogP contribution in [0.15, 0.2) is 36.7 Å². The summed E-state index contributed by atoms with van der Waals surface area (Å²) >= 11 is 0. The van der Waals surface area contributed by atoms with Crippen LogP contribution in [-0.4, -0.2) is 31.1 Å². The number of hydrogen-bond donors (Lipinski definition) is 1. The maximum atomic E-state index is 12.7. The van der Waals surface area contributed by atoms with E-state index in [-0.39, 0.29) is 11.3 Å². The highest BCUT2D eigenvalue weighted by atomic mass is 19.4. The molecule has 2 heterocycles. The molecule has 0 aliphatic carbocycles. The minimum Gasteiger partial charge on any atom is -0.322 e. The van der Waals surface area contributed by atoms with Crippen LogP contribution in [0.3, 0.4) is 0 Å². The van der Waals surface area contributed by atoms with Crippen molar-refractivity contribution < 1.29 is 18.0 Å². The lowest BCUT2D eigenvalue weighted by molar-refractivity contribution is -0.141. The molecule has 0 unspecified atom stereocenters. The average molecular weight is 362 g/mol. The molecule has 0 fully saturated rings. The number of rotatable bonds is 3. The SMILES string of the molecule is Cc1ccc(NC(=O)c2ccc(C(F)(F)F)nc2C)cc1-n1cnnn1. The Hall–Kier alpha value is -3.30. The smallest absolute Gasteiger partial charge is 0.322 e. The highest BCUT2D eigenvalue weighted by molar-refractivity contribution is 6.05. The first-order valence-corrected chi connectivity index (χ1v) is 7.46. The van der Waals surface area contributed by atoms with Gasteiger partial charge in [-0.05, 0) is 54.1 Å². The van der Waals surface area contributed by atoms with Crippen LogP contribution in [0.2, 0.25) is 0 Å². The number of halogens is 3. The third-order valence-corrected chi connectivity index (χ3v) is 3.68. The van der Waals surface area contributed by atoms with Gasteiger partial charge in [0.15, 0.2) is 0 Å². The molecule has 0 saturated carbocycles. The molecule has 1 N–H and O–H groups in total. The van der Waals surface area contributed by atoms with E-state index in [0.717, 1.165) is 17.7 Å². The number of benzene rings is 1. The molecular weight excluding hydrogens is 349 g/mol. The van der Waals surface area contributed by atoms with Gasteiger partial charge in [-0.2, -0.15) is 13.2 Å². The van der Waals surface area contributed by atoms with Crippen LogP contribution in [0.1, 0.15) is 27.3 Å². The van der Waals surface area contributed by atoms with E-state index in [2.05, 4.69) is 25.8 Å². The van der Waals surface area contributed by atoms with Gasteiger partial charge in [0.05, 0.1) is 16.9 Å². The van der Waals surface area contributed by atoms with Gasteiger partial charge in [0, 0.05) is 5.69 Å². The Labute approximate surface area is 145 Å². The van der Waals surface area contributed by atoms with Gasteiger partial charge in [-0.15, -0.1) is 5.10 Å². The zero-order valence-electron chi connectivity index (χ0n) is 13.7. The predicted molar refractivity (Wildman–Crippen MR) is 85.8 cm³/mol. The highest BCUT2D eigenvalue weighted by Gasteiger charge is 2.33. The molecule has 134 valence electrons. The summed E-state index contributed by atoms with van der Waals surface area (Å²) in [5.74, 6) is -0.560. The average Bonchev–Trinajstić information content (AvgIpc) is 3.10. The summed E-state index contributed by atoms with van der Waals surface area (Å²) in [7, 11) is 0. The first kappa shape index (κ1) is 17.5. The van der Waals surface area contributed by atoms with E-state index in [1.54, 1.807) is 18.2 Å². The Morgan fingerprint density at radius 1 is 1.15 bits per heavy atom. The Balaban J connectivity index is 1.86. The molecule has 10 heteroatoms. The second-order valence-corrected chi connectivity index (χ2v) is 5.54. The Bertz CT molecular complexity index is 953. The molecule has 0 radical (unpaired) electrons. The number of nitrogens with one attached hydrogen (secondary N) is 1. The third-order valence-electron chi connectivity index (χ3n) is 3.68. The highest BCUT2D eigenvalue weighted by Crippen LogP contribution is 2.28. The number of pyridine rings is 1. The summed E-state index contributed by atoms with van der Waals surface area (Å²) in [5, 5.41) is 13.6. The number of aryl methyl sites for hydroxylation is 2. The molecular formula is C16H13F3N6O. The molecule has 1 aromatic carbocycles. The van der Waals surface area contributed by atoms with Gasteiger partial charge in [-0.1, -0.05) is 6.07 Å². The monoisotopic (exact) mass is 362 g/mol. The van der Waals surface area contributed by atoms with Crippen molar-refractivity contribution in [1.82, 2.24) is 25.2 Å². The Morgan fingerprint density at radius 3 is 2.54 bits per heavy atom. The number of aromatic nitrogens is 5. The number of tetrazole rings is 1. The Morgan fingerprint density at radius 2 is 1.92 bits per heavy atom. The number of carbonyl (C=O) groups excluding carboxylic acids is 1. The van der Waals surface area contributed by atoms with E-state index in [1.807, 2.05) is 6.92 Å². The lowest BCUT2D eigenvalue weighted by Gasteiger charge is -2.12. The molecule has 3 aromatic rings. The maximum Gasteiger partial charge on any atom is 0.433 e. The zero-order chi connectivity index (χ0) is 18.9. The molecule has 0 atom stereocenters. The fraction of sp³-hybridized carbons (Fsp3) is 0.188. The second-order valence-electron chi connectivity index (χ2n) is 5.54. The minimum atomic E-state index is -4.56. The van der Waals surface area contributed by atoms with Crippen molar-refractivity contribution in [1.29, 1.82) is 0 Å². The number of amides is 1. The van der Waals surface area contributed by atoms with Crippen molar-refractivity contribution in [3.8, 4) is 5.69 Å². The van der Waals surface area contributed by atoms with E-state index >= 15 is 0 Å². The number of anilines is 1. The number of hydrogen-bond acceptors (Lipinski definition) is 5. The standard InChI is InChI=1S/C16H13F3N6O/c1-9-3-4-11(7-13(9)25-8-20-23-24-25)22-15(26)12-5-6-14(16(17,18)19)21-10(12)2/h3-8H,1-2H3,(H,22,26). The summed E-state index contributed by atoms with van der Waals surface area (Å²) in [4.78, 5) is 15.9. The maximum absolute atomic E-state index is 12.7. The number of nitrogens with zero attached hydrogens (tertiary/aromatic N) is 5. The Kier molecular flexibility index (Phi) is 4.41. The first-order chi connectivity index (χ1) is 12.3. The zero-order valence-corrected chi connectivity index (χ0v) is 13.7. The molecule has 0 saturated heterocycles. The summed E-state index contributed by atoms with van der Waals surface area (Å²) < 4.78 is 39.5. The summed E-state index contributed by atoms with van der Waals surface area (Å²) in [6, 6.07) is 7.00. The molecule has 2 aromatic heterocycles. The van der Waals surface area contributed by atoms with Gasteiger partial charge >= 0.3 is 6.18 Å². The van der Waals surface area contributed by atoms with E-state index in [9.17, 15) is 18.0 Å². The largest absolute Gasteiger partial charge is 0.433 e. The quantitative estimate of drug-likeness (QED) is 0.774.